The molecule has 0 aliphatic rings. The number of hydrogen-bond donors (Lipinski definition) is 1. The van der Waals surface area contributed by atoms with E-state index in [1.807, 2.05) is 6.07 Å². The third-order valence-electron chi connectivity index (χ3n) is 2.49. The maximum absolute atomic E-state index is 13.0. The van der Waals surface area contributed by atoms with Gasteiger partial charge in [0.05, 0.1) is 10.3 Å². The van der Waals surface area contributed by atoms with Crippen LogP contribution in [0.4, 0.5) is 14.5 Å². The van der Waals surface area contributed by atoms with Gasteiger partial charge in [-0.3, -0.25) is 4.79 Å². The van der Waals surface area contributed by atoms with Gasteiger partial charge in [-0.2, -0.15) is 0 Å². The molecule has 0 saturated heterocycles. The van der Waals surface area contributed by atoms with Crippen LogP contribution in [0.25, 0.3) is 0 Å². The molecule has 1 amide bonds. The number of rotatable bonds is 4. The van der Waals surface area contributed by atoms with Crippen molar-refractivity contribution < 1.29 is 13.6 Å². The summed E-state index contributed by atoms with van der Waals surface area (Å²) in [5, 5.41) is 2.85. The molecular weight excluding hydrogens is 282 g/mol. The smallest absolute Gasteiger partial charge is 0.237 e. The number of hydrogen-bond acceptors (Lipinski definition) is 3. The van der Waals surface area contributed by atoms with Crippen LogP contribution < -0.4 is 5.32 Å². The number of carbonyl (C=O) groups is 1. The van der Waals surface area contributed by atoms with Crippen molar-refractivity contribution in [1.82, 2.24) is 4.98 Å². The first kappa shape index (κ1) is 14.5. The molecule has 1 N–H and O–H groups in total. The van der Waals surface area contributed by atoms with Gasteiger partial charge in [-0.1, -0.05) is 17.8 Å². The molecule has 1 aromatic carbocycles. The van der Waals surface area contributed by atoms with Crippen molar-refractivity contribution in [2.24, 2.45) is 0 Å². The Morgan fingerprint density at radius 3 is 2.70 bits per heavy atom. The molecular formula is C14H12F2N2OS. The van der Waals surface area contributed by atoms with E-state index in [-0.39, 0.29) is 11.6 Å². The van der Waals surface area contributed by atoms with Gasteiger partial charge in [-0.05, 0) is 31.2 Å². The highest BCUT2D eigenvalue weighted by Gasteiger charge is 2.15. The summed E-state index contributed by atoms with van der Waals surface area (Å²) in [5.74, 6) is -2.24. The van der Waals surface area contributed by atoms with Gasteiger partial charge in [0.1, 0.15) is 0 Å². The lowest BCUT2D eigenvalue weighted by atomic mass is 10.3. The molecule has 3 nitrogen and oxygen atoms in total. The van der Waals surface area contributed by atoms with E-state index in [2.05, 4.69) is 10.3 Å². The number of carbonyl (C=O) groups excluding carboxylic acids is 1. The number of nitrogens with zero attached hydrogens (tertiary/aromatic N) is 1. The highest BCUT2D eigenvalue weighted by atomic mass is 32.2. The fourth-order valence-electron chi connectivity index (χ4n) is 1.47. The lowest BCUT2D eigenvalue weighted by Crippen LogP contribution is -2.22. The summed E-state index contributed by atoms with van der Waals surface area (Å²) >= 11 is 1.29. The monoisotopic (exact) mass is 294 g/mol. The summed E-state index contributed by atoms with van der Waals surface area (Å²) in [5.41, 5.74) is 0.224. The van der Waals surface area contributed by atoms with Crippen LogP contribution in [0.3, 0.4) is 0 Å². The van der Waals surface area contributed by atoms with Gasteiger partial charge in [-0.15, -0.1) is 0 Å². The fourth-order valence-corrected chi connectivity index (χ4v) is 2.28. The Morgan fingerprint density at radius 1 is 1.25 bits per heavy atom. The summed E-state index contributed by atoms with van der Waals surface area (Å²) in [7, 11) is 0. The lowest BCUT2D eigenvalue weighted by Gasteiger charge is -2.11. The number of halogens is 2. The average Bonchev–Trinajstić information content (AvgIpc) is 2.44. The van der Waals surface area contributed by atoms with Gasteiger partial charge < -0.3 is 5.32 Å². The van der Waals surface area contributed by atoms with Crippen molar-refractivity contribution in [3.63, 3.8) is 0 Å². The molecule has 104 valence electrons. The minimum absolute atomic E-state index is 0.224. The van der Waals surface area contributed by atoms with Crippen LogP contribution in [0.1, 0.15) is 6.92 Å². The van der Waals surface area contributed by atoms with E-state index >= 15 is 0 Å². The topological polar surface area (TPSA) is 42.0 Å². The summed E-state index contributed by atoms with van der Waals surface area (Å²) in [6.07, 6.45) is 1.64. The second-order valence-electron chi connectivity index (χ2n) is 4.05. The molecule has 1 atom stereocenters. The summed E-state index contributed by atoms with van der Waals surface area (Å²) in [4.78, 5) is 16.0. The van der Waals surface area contributed by atoms with E-state index in [1.54, 1.807) is 25.3 Å². The quantitative estimate of drug-likeness (QED) is 0.878. The molecule has 0 radical (unpaired) electrons. The van der Waals surface area contributed by atoms with Crippen LogP contribution in [0.5, 0.6) is 0 Å². The first-order chi connectivity index (χ1) is 9.56. The third kappa shape index (κ3) is 3.77. The maximum Gasteiger partial charge on any atom is 0.237 e. The zero-order valence-corrected chi connectivity index (χ0v) is 11.5. The molecule has 0 aliphatic carbocycles. The standard InChI is InChI=1S/C14H12F2N2OS/c1-9(20-13-4-2-3-7-17-13)14(19)18-10-5-6-11(15)12(16)8-10/h2-9H,1H3,(H,18,19)/t9-/m1/s1. The Labute approximate surface area is 119 Å². The Morgan fingerprint density at radius 2 is 2.05 bits per heavy atom. The Balaban J connectivity index is 1.99. The van der Waals surface area contributed by atoms with Crippen molar-refractivity contribution in [3.05, 3.63) is 54.2 Å². The van der Waals surface area contributed by atoms with Crippen LogP contribution in [-0.2, 0) is 4.79 Å². The summed E-state index contributed by atoms with van der Waals surface area (Å²) in [6.45, 7) is 1.72. The van der Waals surface area contributed by atoms with Crippen LogP contribution >= 0.6 is 11.8 Å². The molecule has 0 bridgehead atoms. The zero-order chi connectivity index (χ0) is 14.5. The van der Waals surface area contributed by atoms with Gasteiger partial charge >= 0.3 is 0 Å². The maximum atomic E-state index is 13.0. The van der Waals surface area contributed by atoms with E-state index in [9.17, 15) is 13.6 Å². The predicted molar refractivity (Wildman–Crippen MR) is 74.5 cm³/mol. The number of benzene rings is 1. The van der Waals surface area contributed by atoms with Crippen LogP contribution in [0, 0.1) is 11.6 Å². The molecule has 1 heterocycles. The van der Waals surface area contributed by atoms with E-state index in [0.29, 0.717) is 0 Å². The second-order valence-corrected chi connectivity index (χ2v) is 5.41. The van der Waals surface area contributed by atoms with Gasteiger partial charge in [0.25, 0.3) is 0 Å². The number of aromatic nitrogens is 1. The molecule has 0 unspecified atom stereocenters. The van der Waals surface area contributed by atoms with Crippen molar-refractivity contribution >= 4 is 23.4 Å². The first-order valence-electron chi connectivity index (χ1n) is 5.90. The van der Waals surface area contributed by atoms with Gasteiger partial charge in [0, 0.05) is 18.0 Å². The summed E-state index contributed by atoms with van der Waals surface area (Å²) in [6, 6.07) is 8.65. The minimum Gasteiger partial charge on any atom is -0.325 e. The fraction of sp³-hybridized carbons (Fsp3) is 0.143. The number of amides is 1. The van der Waals surface area contributed by atoms with Crippen molar-refractivity contribution in [2.45, 2.75) is 17.2 Å². The number of pyridine rings is 1. The molecule has 20 heavy (non-hydrogen) atoms. The van der Waals surface area contributed by atoms with Gasteiger partial charge in [-0.25, -0.2) is 13.8 Å². The SMILES string of the molecule is C[C@@H](Sc1ccccn1)C(=O)Nc1ccc(F)c(F)c1. The molecule has 0 spiro atoms. The molecule has 0 fully saturated rings. The molecule has 2 rings (SSSR count). The predicted octanol–water partition coefficient (Wildman–Crippen LogP) is 3.48. The Bertz CT molecular complexity index is 607. The van der Waals surface area contributed by atoms with Crippen molar-refractivity contribution in [2.75, 3.05) is 5.32 Å². The Hall–Kier alpha value is -1.95. The zero-order valence-electron chi connectivity index (χ0n) is 10.6. The second kappa shape index (κ2) is 6.47. The minimum atomic E-state index is -0.993. The van der Waals surface area contributed by atoms with E-state index in [4.69, 9.17) is 0 Å². The summed E-state index contributed by atoms with van der Waals surface area (Å²) < 4.78 is 25.8. The molecule has 2 aromatic rings. The molecule has 0 aliphatic heterocycles. The molecule has 6 heteroatoms. The highest BCUT2D eigenvalue weighted by molar-refractivity contribution is 8.00. The van der Waals surface area contributed by atoms with Gasteiger partial charge in [0.2, 0.25) is 5.91 Å². The number of anilines is 1. The van der Waals surface area contributed by atoms with Gasteiger partial charge in [0.15, 0.2) is 11.6 Å². The highest BCUT2D eigenvalue weighted by Crippen LogP contribution is 2.22. The average molecular weight is 294 g/mol. The van der Waals surface area contributed by atoms with Crippen molar-refractivity contribution in [3.8, 4) is 0 Å². The van der Waals surface area contributed by atoms with E-state index in [1.165, 1.54) is 17.8 Å². The van der Waals surface area contributed by atoms with E-state index in [0.717, 1.165) is 17.2 Å². The molecule has 0 saturated carbocycles. The number of nitrogens with one attached hydrogen (secondary N) is 1. The third-order valence-corrected chi connectivity index (χ3v) is 3.54. The van der Waals surface area contributed by atoms with Crippen LogP contribution in [-0.4, -0.2) is 16.1 Å². The lowest BCUT2D eigenvalue weighted by molar-refractivity contribution is -0.115. The first-order valence-corrected chi connectivity index (χ1v) is 6.78. The van der Waals surface area contributed by atoms with E-state index < -0.39 is 16.9 Å². The number of thioether (sulfide) groups is 1. The van der Waals surface area contributed by atoms with Crippen LogP contribution in [0.2, 0.25) is 0 Å². The van der Waals surface area contributed by atoms with Crippen molar-refractivity contribution in [1.29, 1.82) is 0 Å². The Kier molecular flexibility index (Phi) is 4.68. The molecule has 1 aromatic heterocycles. The van der Waals surface area contributed by atoms with Crippen LogP contribution in [0.15, 0.2) is 47.6 Å². The normalized spacial score (nSPS) is 11.9. The largest absolute Gasteiger partial charge is 0.325 e.